The van der Waals surface area contributed by atoms with Crippen LogP contribution in [-0.2, 0) is 11.2 Å². The number of carbonyl (C=O) groups excluding carboxylic acids is 1. The summed E-state index contributed by atoms with van der Waals surface area (Å²) in [7, 11) is 0. The lowest BCUT2D eigenvalue weighted by atomic mass is 10.1. The average Bonchev–Trinajstić information content (AvgIpc) is 3.12. The van der Waals surface area contributed by atoms with E-state index in [0.29, 0.717) is 6.42 Å². The zero-order chi connectivity index (χ0) is 13.9. The minimum Gasteiger partial charge on any atom is -0.480 e. The molecule has 1 saturated carbocycles. The zero-order valence-corrected chi connectivity index (χ0v) is 11.4. The first-order chi connectivity index (χ1) is 9.79. The number of para-hydroxylation sites is 1. The maximum Gasteiger partial charge on any atom is 0.265 e. The number of benzene rings is 1. The van der Waals surface area contributed by atoms with Crippen molar-refractivity contribution in [3.05, 3.63) is 29.8 Å². The Kier molecular flexibility index (Phi) is 3.60. The van der Waals surface area contributed by atoms with Crippen molar-refractivity contribution in [2.75, 3.05) is 6.54 Å². The molecule has 1 heterocycles. The summed E-state index contributed by atoms with van der Waals surface area (Å²) in [5.74, 6) is 0.767. The molecule has 1 aliphatic carbocycles. The lowest BCUT2D eigenvalue weighted by molar-refractivity contribution is -0.139. The van der Waals surface area contributed by atoms with Crippen LogP contribution in [0.5, 0.6) is 5.75 Å². The van der Waals surface area contributed by atoms with Gasteiger partial charge in [0.2, 0.25) is 0 Å². The fourth-order valence-electron chi connectivity index (χ4n) is 3.18. The highest BCUT2D eigenvalue weighted by Crippen LogP contribution is 2.31. The van der Waals surface area contributed by atoms with Crippen LogP contribution in [-0.4, -0.2) is 29.5 Å². The first kappa shape index (κ1) is 13.0. The van der Waals surface area contributed by atoms with Crippen LogP contribution in [0.1, 0.15) is 31.2 Å². The number of amides is 1. The molecule has 0 aromatic heterocycles. The number of nitriles is 1. The van der Waals surface area contributed by atoms with Crippen LogP contribution in [0, 0.1) is 11.3 Å². The van der Waals surface area contributed by atoms with E-state index >= 15 is 0 Å². The fourth-order valence-corrected chi connectivity index (χ4v) is 3.18. The number of carbonyl (C=O) groups is 1. The molecule has 1 amide bonds. The van der Waals surface area contributed by atoms with Crippen LogP contribution in [0.4, 0.5) is 0 Å². The van der Waals surface area contributed by atoms with Gasteiger partial charge in [-0.15, -0.1) is 0 Å². The summed E-state index contributed by atoms with van der Waals surface area (Å²) < 4.78 is 5.75. The quantitative estimate of drug-likeness (QED) is 0.792. The van der Waals surface area contributed by atoms with Crippen molar-refractivity contribution >= 4 is 5.91 Å². The molecule has 0 bridgehead atoms. The van der Waals surface area contributed by atoms with Gasteiger partial charge < -0.3 is 9.64 Å². The summed E-state index contributed by atoms with van der Waals surface area (Å²) in [6, 6.07) is 10.1. The Hall–Kier alpha value is -2.02. The number of fused-ring (bicyclic) bond motifs is 1. The Morgan fingerprint density at radius 2 is 2.10 bits per heavy atom. The molecular weight excluding hydrogens is 252 g/mol. The van der Waals surface area contributed by atoms with Crippen molar-refractivity contribution in [1.82, 2.24) is 4.90 Å². The molecule has 104 valence electrons. The molecule has 1 aliphatic heterocycles. The predicted molar refractivity (Wildman–Crippen MR) is 74.1 cm³/mol. The van der Waals surface area contributed by atoms with Crippen LogP contribution in [0.25, 0.3) is 0 Å². The van der Waals surface area contributed by atoms with Crippen molar-refractivity contribution in [1.29, 1.82) is 5.26 Å². The van der Waals surface area contributed by atoms with E-state index in [1.54, 1.807) is 4.90 Å². The predicted octanol–water partition coefficient (Wildman–Crippen LogP) is 2.28. The SMILES string of the molecule is N#CCN(C(=O)C1Cc2ccccc2O1)C1CCCC1. The lowest BCUT2D eigenvalue weighted by Crippen LogP contribution is -2.46. The van der Waals surface area contributed by atoms with E-state index < -0.39 is 6.10 Å². The molecule has 20 heavy (non-hydrogen) atoms. The van der Waals surface area contributed by atoms with Gasteiger partial charge >= 0.3 is 0 Å². The molecule has 1 aromatic rings. The summed E-state index contributed by atoms with van der Waals surface area (Å²) in [6.45, 7) is 0.166. The number of rotatable bonds is 3. The van der Waals surface area contributed by atoms with Crippen molar-refractivity contribution in [2.45, 2.75) is 44.2 Å². The molecule has 0 N–H and O–H groups in total. The minimum absolute atomic E-state index is 0.0327. The van der Waals surface area contributed by atoms with E-state index in [0.717, 1.165) is 37.0 Å². The van der Waals surface area contributed by atoms with Crippen LogP contribution < -0.4 is 4.74 Å². The second kappa shape index (κ2) is 5.54. The fraction of sp³-hybridized carbons (Fsp3) is 0.500. The summed E-state index contributed by atoms with van der Waals surface area (Å²) in [6.07, 6.45) is 4.46. The van der Waals surface area contributed by atoms with Gasteiger partial charge in [-0.25, -0.2) is 0 Å². The van der Waals surface area contributed by atoms with Crippen LogP contribution >= 0.6 is 0 Å². The van der Waals surface area contributed by atoms with E-state index in [2.05, 4.69) is 6.07 Å². The van der Waals surface area contributed by atoms with Gasteiger partial charge in [-0.2, -0.15) is 5.26 Å². The minimum atomic E-state index is -0.457. The molecule has 4 heteroatoms. The molecule has 0 radical (unpaired) electrons. The van der Waals surface area contributed by atoms with Crippen molar-refractivity contribution < 1.29 is 9.53 Å². The second-order valence-electron chi connectivity index (χ2n) is 5.48. The Morgan fingerprint density at radius 3 is 2.80 bits per heavy atom. The number of hydrogen-bond acceptors (Lipinski definition) is 3. The third-order valence-electron chi connectivity index (χ3n) is 4.21. The third kappa shape index (κ3) is 2.36. The molecule has 2 aliphatic rings. The highest BCUT2D eigenvalue weighted by Gasteiger charge is 2.35. The Labute approximate surface area is 118 Å². The van der Waals surface area contributed by atoms with Gasteiger partial charge in [-0.05, 0) is 24.5 Å². The molecule has 4 nitrogen and oxygen atoms in total. The second-order valence-corrected chi connectivity index (χ2v) is 5.48. The number of nitrogens with zero attached hydrogens (tertiary/aromatic N) is 2. The van der Waals surface area contributed by atoms with E-state index in [4.69, 9.17) is 10.00 Å². The summed E-state index contributed by atoms with van der Waals surface area (Å²) in [5.41, 5.74) is 1.08. The third-order valence-corrected chi connectivity index (χ3v) is 4.21. The molecule has 0 saturated heterocycles. The molecule has 1 atom stereocenters. The van der Waals surface area contributed by atoms with E-state index in [1.807, 2.05) is 24.3 Å². The van der Waals surface area contributed by atoms with E-state index in [9.17, 15) is 4.79 Å². The highest BCUT2D eigenvalue weighted by atomic mass is 16.5. The number of hydrogen-bond donors (Lipinski definition) is 0. The van der Waals surface area contributed by atoms with Crippen molar-refractivity contribution in [2.24, 2.45) is 0 Å². The normalized spacial score (nSPS) is 21.1. The highest BCUT2D eigenvalue weighted by molar-refractivity contribution is 5.83. The monoisotopic (exact) mass is 270 g/mol. The average molecular weight is 270 g/mol. The number of ether oxygens (including phenoxy) is 1. The first-order valence-electron chi connectivity index (χ1n) is 7.21. The van der Waals surface area contributed by atoms with Crippen LogP contribution in [0.2, 0.25) is 0 Å². The van der Waals surface area contributed by atoms with Gasteiger partial charge in [-0.3, -0.25) is 4.79 Å². The first-order valence-corrected chi connectivity index (χ1v) is 7.21. The van der Waals surface area contributed by atoms with Gasteiger partial charge in [0, 0.05) is 12.5 Å². The van der Waals surface area contributed by atoms with Crippen LogP contribution in [0.3, 0.4) is 0 Å². The Bertz CT molecular complexity index is 519. The van der Waals surface area contributed by atoms with E-state index in [1.165, 1.54) is 0 Å². The Balaban J connectivity index is 1.73. The van der Waals surface area contributed by atoms with Crippen molar-refractivity contribution in [3.8, 4) is 11.8 Å². The lowest BCUT2D eigenvalue weighted by Gasteiger charge is -2.28. The zero-order valence-electron chi connectivity index (χ0n) is 11.4. The molecule has 3 rings (SSSR count). The van der Waals surface area contributed by atoms with Gasteiger partial charge in [0.1, 0.15) is 12.3 Å². The molecule has 1 aromatic carbocycles. The molecule has 1 fully saturated rings. The topological polar surface area (TPSA) is 53.3 Å². The molecule has 0 spiro atoms. The van der Waals surface area contributed by atoms with Gasteiger partial charge in [0.15, 0.2) is 6.10 Å². The molecular formula is C16H18N2O2. The summed E-state index contributed by atoms with van der Waals surface area (Å²) in [4.78, 5) is 14.4. The van der Waals surface area contributed by atoms with Gasteiger partial charge in [0.25, 0.3) is 5.91 Å². The smallest absolute Gasteiger partial charge is 0.265 e. The maximum atomic E-state index is 12.6. The standard InChI is InChI=1S/C16H18N2O2/c17-9-10-18(13-6-2-3-7-13)16(19)15-11-12-5-1-4-8-14(12)20-15/h1,4-5,8,13,15H,2-3,6-7,10-11H2. The van der Waals surface area contributed by atoms with Gasteiger partial charge in [0.05, 0.1) is 6.07 Å². The summed E-state index contributed by atoms with van der Waals surface area (Å²) >= 11 is 0. The Morgan fingerprint density at radius 1 is 1.35 bits per heavy atom. The van der Waals surface area contributed by atoms with Crippen molar-refractivity contribution in [3.63, 3.8) is 0 Å². The van der Waals surface area contributed by atoms with E-state index in [-0.39, 0.29) is 18.5 Å². The maximum absolute atomic E-state index is 12.6. The van der Waals surface area contributed by atoms with Gasteiger partial charge in [-0.1, -0.05) is 31.0 Å². The van der Waals surface area contributed by atoms with Crippen LogP contribution in [0.15, 0.2) is 24.3 Å². The largest absolute Gasteiger partial charge is 0.480 e. The molecule has 1 unspecified atom stereocenters. The summed E-state index contributed by atoms with van der Waals surface area (Å²) in [5, 5.41) is 8.98.